The van der Waals surface area contributed by atoms with Crippen LogP contribution in [-0.2, 0) is 0 Å². The fourth-order valence-corrected chi connectivity index (χ4v) is 1.72. The van der Waals surface area contributed by atoms with Crippen molar-refractivity contribution in [2.24, 2.45) is 0 Å². The number of hydrogen-bond donors (Lipinski definition) is 2. The van der Waals surface area contributed by atoms with Crippen LogP contribution in [0.5, 0.6) is 0 Å². The number of rotatable bonds is 7. The van der Waals surface area contributed by atoms with E-state index in [1.807, 2.05) is 6.92 Å². The van der Waals surface area contributed by atoms with Crippen molar-refractivity contribution >= 4 is 11.7 Å². The highest BCUT2D eigenvalue weighted by molar-refractivity contribution is 5.92. The molecule has 0 saturated heterocycles. The monoisotopic (exact) mass is 250 g/mol. The highest BCUT2D eigenvalue weighted by Crippen LogP contribution is 2.09. The zero-order valence-electron chi connectivity index (χ0n) is 11.4. The zero-order chi connectivity index (χ0) is 13.4. The molecule has 100 valence electrons. The molecular formula is C13H22N4O. The van der Waals surface area contributed by atoms with Crippen LogP contribution in [0.15, 0.2) is 12.1 Å². The summed E-state index contributed by atoms with van der Waals surface area (Å²) in [5.41, 5.74) is 0.353. The van der Waals surface area contributed by atoms with Crippen LogP contribution in [0, 0.1) is 0 Å². The van der Waals surface area contributed by atoms with Crippen molar-refractivity contribution in [1.82, 2.24) is 15.5 Å². The second-order valence-electron chi connectivity index (χ2n) is 4.20. The predicted octanol–water partition coefficient (Wildman–Crippen LogP) is 2.22. The van der Waals surface area contributed by atoms with E-state index >= 15 is 0 Å². The summed E-state index contributed by atoms with van der Waals surface area (Å²) in [5, 5.41) is 14.0. The lowest BCUT2D eigenvalue weighted by Gasteiger charge is -2.16. The van der Waals surface area contributed by atoms with Gasteiger partial charge in [-0.25, -0.2) is 0 Å². The molecule has 0 aromatic carbocycles. The lowest BCUT2D eigenvalue weighted by Crippen LogP contribution is -2.24. The summed E-state index contributed by atoms with van der Waals surface area (Å²) in [4.78, 5) is 11.5. The maximum absolute atomic E-state index is 11.5. The van der Waals surface area contributed by atoms with Crippen LogP contribution in [0.25, 0.3) is 0 Å². The third kappa shape index (κ3) is 4.31. The van der Waals surface area contributed by atoms with Crippen molar-refractivity contribution in [3.05, 3.63) is 17.8 Å². The van der Waals surface area contributed by atoms with E-state index in [-0.39, 0.29) is 5.91 Å². The SMILES string of the molecule is CCCC(CC)Nc1ccc(C(=O)NCC)nn1. The quantitative estimate of drug-likeness (QED) is 0.778. The fraction of sp³-hybridized carbons (Fsp3) is 0.615. The summed E-state index contributed by atoms with van der Waals surface area (Å²) in [5.74, 6) is 0.542. The molecule has 2 N–H and O–H groups in total. The number of carbonyl (C=O) groups excluding carboxylic acids is 1. The highest BCUT2D eigenvalue weighted by atomic mass is 16.1. The number of amides is 1. The van der Waals surface area contributed by atoms with Gasteiger partial charge >= 0.3 is 0 Å². The van der Waals surface area contributed by atoms with E-state index in [4.69, 9.17) is 0 Å². The second kappa shape index (κ2) is 7.63. The van der Waals surface area contributed by atoms with Crippen LogP contribution >= 0.6 is 0 Å². The maximum atomic E-state index is 11.5. The molecule has 1 aromatic heterocycles. The van der Waals surface area contributed by atoms with Crippen LogP contribution < -0.4 is 10.6 Å². The van der Waals surface area contributed by atoms with Crippen LogP contribution in [0.4, 0.5) is 5.82 Å². The minimum Gasteiger partial charge on any atom is -0.366 e. The van der Waals surface area contributed by atoms with Gasteiger partial charge in [-0.3, -0.25) is 4.79 Å². The van der Waals surface area contributed by atoms with Gasteiger partial charge in [0, 0.05) is 12.6 Å². The first-order valence-electron chi connectivity index (χ1n) is 6.59. The number of nitrogens with one attached hydrogen (secondary N) is 2. The number of anilines is 1. The second-order valence-corrected chi connectivity index (χ2v) is 4.20. The maximum Gasteiger partial charge on any atom is 0.271 e. The Morgan fingerprint density at radius 2 is 2.06 bits per heavy atom. The van der Waals surface area contributed by atoms with E-state index in [9.17, 15) is 4.79 Å². The summed E-state index contributed by atoms with van der Waals surface area (Å²) < 4.78 is 0. The number of aromatic nitrogens is 2. The van der Waals surface area contributed by atoms with Gasteiger partial charge in [-0.2, -0.15) is 0 Å². The summed E-state index contributed by atoms with van der Waals surface area (Å²) in [6, 6.07) is 3.91. The van der Waals surface area contributed by atoms with E-state index in [1.54, 1.807) is 12.1 Å². The highest BCUT2D eigenvalue weighted by Gasteiger charge is 2.09. The normalized spacial score (nSPS) is 11.9. The molecule has 1 amide bonds. The zero-order valence-corrected chi connectivity index (χ0v) is 11.4. The lowest BCUT2D eigenvalue weighted by atomic mass is 10.1. The Balaban J connectivity index is 2.62. The van der Waals surface area contributed by atoms with E-state index in [1.165, 1.54) is 0 Å². The molecule has 1 rings (SSSR count). The first-order chi connectivity index (χ1) is 8.71. The van der Waals surface area contributed by atoms with Gasteiger partial charge in [0.2, 0.25) is 0 Å². The molecule has 0 saturated carbocycles. The molecule has 1 unspecified atom stereocenters. The van der Waals surface area contributed by atoms with Crippen LogP contribution in [0.1, 0.15) is 50.5 Å². The van der Waals surface area contributed by atoms with Gasteiger partial charge in [-0.05, 0) is 31.9 Å². The molecule has 0 bridgehead atoms. The van der Waals surface area contributed by atoms with Crippen molar-refractivity contribution in [3.8, 4) is 0 Å². The molecule has 5 heteroatoms. The Bertz CT molecular complexity index is 364. The lowest BCUT2D eigenvalue weighted by molar-refractivity contribution is 0.0950. The smallest absolute Gasteiger partial charge is 0.271 e. The van der Waals surface area contributed by atoms with Crippen molar-refractivity contribution in [1.29, 1.82) is 0 Å². The largest absolute Gasteiger partial charge is 0.366 e. The van der Waals surface area contributed by atoms with Gasteiger partial charge in [-0.15, -0.1) is 10.2 Å². The van der Waals surface area contributed by atoms with Crippen LogP contribution in [0.2, 0.25) is 0 Å². The molecule has 0 aliphatic heterocycles. The van der Waals surface area contributed by atoms with Crippen LogP contribution in [0.3, 0.4) is 0 Å². The summed E-state index contributed by atoms with van der Waals surface area (Å²) >= 11 is 0. The predicted molar refractivity (Wildman–Crippen MR) is 72.6 cm³/mol. The summed E-state index contributed by atoms with van der Waals surface area (Å²) in [6.07, 6.45) is 3.29. The van der Waals surface area contributed by atoms with Crippen molar-refractivity contribution < 1.29 is 4.79 Å². The van der Waals surface area contributed by atoms with Gasteiger partial charge < -0.3 is 10.6 Å². The molecule has 1 aromatic rings. The van der Waals surface area contributed by atoms with E-state index in [2.05, 4.69) is 34.7 Å². The number of nitrogens with zero attached hydrogens (tertiary/aromatic N) is 2. The molecule has 0 radical (unpaired) electrons. The average Bonchev–Trinajstić information content (AvgIpc) is 2.39. The Labute approximate surface area is 108 Å². The Morgan fingerprint density at radius 3 is 2.56 bits per heavy atom. The van der Waals surface area contributed by atoms with Gasteiger partial charge in [0.15, 0.2) is 5.69 Å². The Morgan fingerprint density at radius 1 is 1.28 bits per heavy atom. The Hall–Kier alpha value is -1.65. The molecule has 0 aliphatic rings. The molecular weight excluding hydrogens is 228 g/mol. The standard InChI is InChI=1S/C13H22N4O/c1-4-7-10(5-2)15-12-9-8-11(16-17-12)13(18)14-6-3/h8-10H,4-7H2,1-3H3,(H,14,18)(H,15,17). The summed E-state index contributed by atoms with van der Waals surface area (Å²) in [6.45, 7) is 6.77. The molecule has 1 heterocycles. The first kappa shape index (κ1) is 14.4. The average molecular weight is 250 g/mol. The minimum atomic E-state index is -0.183. The van der Waals surface area contributed by atoms with E-state index in [0.29, 0.717) is 18.3 Å². The molecule has 1 atom stereocenters. The molecule has 0 spiro atoms. The van der Waals surface area contributed by atoms with E-state index in [0.717, 1.165) is 25.1 Å². The van der Waals surface area contributed by atoms with Crippen molar-refractivity contribution in [3.63, 3.8) is 0 Å². The third-order valence-electron chi connectivity index (χ3n) is 2.72. The molecule has 18 heavy (non-hydrogen) atoms. The van der Waals surface area contributed by atoms with Gasteiger partial charge in [0.05, 0.1) is 0 Å². The topological polar surface area (TPSA) is 66.9 Å². The molecule has 5 nitrogen and oxygen atoms in total. The van der Waals surface area contributed by atoms with Gasteiger partial charge in [0.1, 0.15) is 5.82 Å². The number of carbonyl (C=O) groups is 1. The van der Waals surface area contributed by atoms with Crippen molar-refractivity contribution in [2.45, 2.75) is 46.1 Å². The molecule has 0 fully saturated rings. The van der Waals surface area contributed by atoms with Gasteiger partial charge in [0.25, 0.3) is 5.91 Å². The van der Waals surface area contributed by atoms with Gasteiger partial charge in [-0.1, -0.05) is 20.3 Å². The van der Waals surface area contributed by atoms with E-state index < -0.39 is 0 Å². The first-order valence-corrected chi connectivity index (χ1v) is 6.59. The minimum absolute atomic E-state index is 0.183. The Kier molecular flexibility index (Phi) is 6.11. The molecule has 0 aliphatic carbocycles. The summed E-state index contributed by atoms with van der Waals surface area (Å²) in [7, 11) is 0. The third-order valence-corrected chi connectivity index (χ3v) is 2.72. The van der Waals surface area contributed by atoms with Crippen molar-refractivity contribution in [2.75, 3.05) is 11.9 Å². The fourth-order valence-electron chi connectivity index (χ4n) is 1.72. The van der Waals surface area contributed by atoms with Crippen LogP contribution in [-0.4, -0.2) is 28.7 Å². The number of hydrogen-bond acceptors (Lipinski definition) is 4.